The van der Waals surface area contributed by atoms with E-state index in [4.69, 9.17) is 18.9 Å². The summed E-state index contributed by atoms with van der Waals surface area (Å²) in [7, 11) is 1.60. The number of hydrogen-bond donors (Lipinski definition) is 0. The number of fused-ring (bicyclic) bond motifs is 2. The predicted molar refractivity (Wildman–Crippen MR) is 172 cm³/mol. The highest BCUT2D eigenvalue weighted by atomic mass is 79.9. The molecule has 1 aliphatic rings. The van der Waals surface area contributed by atoms with Crippen LogP contribution >= 0.6 is 27.3 Å². The third-order valence-corrected chi connectivity index (χ3v) is 8.86. The minimum atomic E-state index is -0.796. The van der Waals surface area contributed by atoms with Gasteiger partial charge >= 0.3 is 5.97 Å². The lowest BCUT2D eigenvalue weighted by atomic mass is 9.90. The number of aromatic nitrogens is 1. The molecule has 0 N–H and O–H groups in total. The fraction of sp³-hybridized carbons (Fsp3) is 0.206. The van der Waals surface area contributed by atoms with Crippen LogP contribution in [0.15, 0.2) is 103 Å². The van der Waals surface area contributed by atoms with Gasteiger partial charge in [-0.25, -0.2) is 9.79 Å². The molecule has 0 fully saturated rings. The number of ether oxygens (including phenoxy) is 2. The van der Waals surface area contributed by atoms with Crippen LogP contribution in [-0.4, -0.2) is 24.3 Å². The summed E-state index contributed by atoms with van der Waals surface area (Å²) >= 11 is 4.73. The second kappa shape index (κ2) is 12.2. The summed E-state index contributed by atoms with van der Waals surface area (Å²) in [5, 5.41) is 1.85. The Balaban J connectivity index is 1.60. The molecule has 0 amide bonds. The zero-order valence-corrected chi connectivity index (χ0v) is 26.3. The third kappa shape index (κ3) is 5.39. The highest BCUT2D eigenvalue weighted by molar-refractivity contribution is 9.10. The molecule has 6 rings (SSSR count). The molecule has 0 bridgehead atoms. The second-order valence-corrected chi connectivity index (χ2v) is 11.9. The maximum atomic E-state index is 14.3. The summed E-state index contributed by atoms with van der Waals surface area (Å²) < 4.78 is 20.6. The standard InChI is InChI=1S/C34H29BrN2O5S/c1-4-8-25-30(33(39)41-5-2)31(29-24-10-7-6-9-20(24)13-17-27(29)40-3)37-32(38)28(43-34(37)36-25)19-23-16-18-26(42-23)21-11-14-22(35)15-12-21/h6-7,9-19,31H,4-5,8H2,1-3H3/b28-19-. The van der Waals surface area contributed by atoms with Gasteiger partial charge in [-0.1, -0.05) is 83.1 Å². The average Bonchev–Trinajstić information content (AvgIpc) is 3.60. The summed E-state index contributed by atoms with van der Waals surface area (Å²) in [6.07, 6.45) is 3.05. The van der Waals surface area contributed by atoms with Crippen molar-refractivity contribution < 1.29 is 18.7 Å². The molecule has 0 spiro atoms. The quantitative estimate of drug-likeness (QED) is 0.172. The molecule has 0 saturated heterocycles. The summed E-state index contributed by atoms with van der Waals surface area (Å²) in [5.41, 5.74) is 2.34. The van der Waals surface area contributed by atoms with E-state index in [1.165, 1.54) is 11.3 Å². The summed E-state index contributed by atoms with van der Waals surface area (Å²) in [6.45, 7) is 4.01. The molecular formula is C34H29BrN2O5S. The largest absolute Gasteiger partial charge is 0.496 e. The Morgan fingerprint density at radius 2 is 1.86 bits per heavy atom. The van der Waals surface area contributed by atoms with E-state index in [9.17, 15) is 9.59 Å². The molecule has 1 aliphatic heterocycles. The summed E-state index contributed by atoms with van der Waals surface area (Å²) in [5.74, 6) is 1.32. The Hall–Kier alpha value is -4.21. The zero-order chi connectivity index (χ0) is 30.1. The van der Waals surface area contributed by atoms with Crippen LogP contribution in [0.4, 0.5) is 0 Å². The number of carbonyl (C=O) groups is 1. The fourth-order valence-corrected chi connectivity index (χ4v) is 6.72. The van der Waals surface area contributed by atoms with Crippen molar-refractivity contribution in [1.82, 2.24) is 4.57 Å². The summed E-state index contributed by atoms with van der Waals surface area (Å²) in [6, 6.07) is 22.5. The highest BCUT2D eigenvalue weighted by Gasteiger charge is 2.37. The molecular weight excluding hydrogens is 628 g/mol. The van der Waals surface area contributed by atoms with Crippen molar-refractivity contribution in [2.24, 2.45) is 4.99 Å². The number of carbonyl (C=O) groups excluding carboxylic acids is 1. The predicted octanol–water partition coefficient (Wildman–Crippen LogP) is 6.76. The number of hydrogen-bond acceptors (Lipinski definition) is 7. The van der Waals surface area contributed by atoms with Gasteiger partial charge in [0.1, 0.15) is 23.3 Å². The Morgan fingerprint density at radius 1 is 1.07 bits per heavy atom. The van der Waals surface area contributed by atoms with Crippen LogP contribution in [0, 0.1) is 0 Å². The molecule has 0 radical (unpaired) electrons. The lowest BCUT2D eigenvalue weighted by molar-refractivity contribution is -0.139. The lowest BCUT2D eigenvalue weighted by Gasteiger charge is -2.28. The first-order valence-electron chi connectivity index (χ1n) is 14.1. The SMILES string of the molecule is CCCC1=C(C(=O)OCC)C(c2c(OC)ccc3ccccc23)n2c(s/c(=C\c3ccc(-c4ccc(Br)cc4)o3)c2=O)=N1. The number of esters is 1. The monoisotopic (exact) mass is 656 g/mol. The molecule has 2 aromatic heterocycles. The Morgan fingerprint density at radius 3 is 2.60 bits per heavy atom. The van der Waals surface area contributed by atoms with Gasteiger partial charge in [0.05, 0.1) is 29.5 Å². The Labute approximate surface area is 260 Å². The minimum absolute atomic E-state index is 0.199. The van der Waals surface area contributed by atoms with Crippen LogP contribution in [0.5, 0.6) is 5.75 Å². The molecule has 7 nitrogen and oxygen atoms in total. The number of rotatable bonds is 8. The number of nitrogens with zero attached hydrogens (tertiary/aromatic N) is 2. The molecule has 3 aromatic carbocycles. The molecule has 0 saturated carbocycles. The Kier molecular flexibility index (Phi) is 8.19. The van der Waals surface area contributed by atoms with Crippen LogP contribution in [0.25, 0.3) is 28.2 Å². The zero-order valence-electron chi connectivity index (χ0n) is 23.9. The van der Waals surface area contributed by atoms with E-state index in [1.807, 2.05) is 79.7 Å². The van der Waals surface area contributed by atoms with Gasteiger partial charge in [0.25, 0.3) is 5.56 Å². The van der Waals surface area contributed by atoms with E-state index in [0.717, 1.165) is 32.8 Å². The number of methoxy groups -OCH3 is 1. The molecule has 1 atom stereocenters. The molecule has 1 unspecified atom stereocenters. The second-order valence-electron chi connectivity index (χ2n) is 10.0. The van der Waals surface area contributed by atoms with Crippen molar-refractivity contribution in [3.8, 4) is 17.1 Å². The molecule has 9 heteroatoms. The van der Waals surface area contributed by atoms with E-state index in [2.05, 4.69) is 15.9 Å². The molecule has 43 heavy (non-hydrogen) atoms. The fourth-order valence-electron chi connectivity index (χ4n) is 5.46. The first-order valence-corrected chi connectivity index (χ1v) is 15.7. The van der Waals surface area contributed by atoms with E-state index < -0.39 is 12.0 Å². The van der Waals surface area contributed by atoms with Crippen LogP contribution in [-0.2, 0) is 9.53 Å². The van der Waals surface area contributed by atoms with Crippen molar-refractivity contribution in [2.75, 3.05) is 13.7 Å². The summed E-state index contributed by atoms with van der Waals surface area (Å²) in [4.78, 5) is 33.3. The molecule has 3 heterocycles. The average molecular weight is 658 g/mol. The van der Waals surface area contributed by atoms with Gasteiger partial charge in [-0.05, 0) is 54.4 Å². The van der Waals surface area contributed by atoms with Crippen molar-refractivity contribution in [3.63, 3.8) is 0 Å². The maximum absolute atomic E-state index is 14.3. The van der Waals surface area contributed by atoms with Gasteiger partial charge in [-0.2, -0.15) is 0 Å². The topological polar surface area (TPSA) is 83.0 Å². The maximum Gasteiger partial charge on any atom is 0.338 e. The van der Waals surface area contributed by atoms with Gasteiger partial charge in [-0.3, -0.25) is 9.36 Å². The van der Waals surface area contributed by atoms with E-state index >= 15 is 0 Å². The first kappa shape index (κ1) is 28.9. The van der Waals surface area contributed by atoms with Gasteiger partial charge in [0, 0.05) is 21.7 Å². The van der Waals surface area contributed by atoms with E-state index in [1.54, 1.807) is 24.7 Å². The number of thiazole rings is 1. The molecule has 0 aliphatic carbocycles. The number of allylic oxidation sites excluding steroid dienone is 1. The van der Waals surface area contributed by atoms with E-state index in [-0.39, 0.29) is 12.2 Å². The van der Waals surface area contributed by atoms with Gasteiger partial charge in [0.15, 0.2) is 4.80 Å². The first-order chi connectivity index (χ1) is 20.9. The van der Waals surface area contributed by atoms with Gasteiger partial charge < -0.3 is 13.9 Å². The molecule has 218 valence electrons. The highest BCUT2D eigenvalue weighted by Crippen LogP contribution is 2.41. The van der Waals surface area contributed by atoms with Crippen LogP contribution in [0.3, 0.4) is 0 Å². The third-order valence-electron chi connectivity index (χ3n) is 7.35. The number of furan rings is 1. The lowest BCUT2D eigenvalue weighted by Crippen LogP contribution is -2.40. The van der Waals surface area contributed by atoms with Crippen LogP contribution < -0.4 is 19.6 Å². The van der Waals surface area contributed by atoms with Crippen molar-refractivity contribution in [2.45, 2.75) is 32.7 Å². The van der Waals surface area contributed by atoms with Crippen LogP contribution in [0.2, 0.25) is 0 Å². The van der Waals surface area contributed by atoms with Crippen molar-refractivity contribution in [1.29, 1.82) is 0 Å². The van der Waals surface area contributed by atoms with Gasteiger partial charge in [-0.15, -0.1) is 0 Å². The van der Waals surface area contributed by atoms with Gasteiger partial charge in [0.2, 0.25) is 0 Å². The minimum Gasteiger partial charge on any atom is -0.496 e. The normalized spacial score (nSPS) is 15.0. The van der Waals surface area contributed by atoms with Crippen molar-refractivity contribution >= 4 is 50.1 Å². The molecule has 5 aromatic rings. The van der Waals surface area contributed by atoms with Crippen molar-refractivity contribution in [3.05, 3.63) is 120 Å². The Bertz CT molecular complexity index is 2050. The number of benzene rings is 3. The van der Waals surface area contributed by atoms with Crippen LogP contribution in [0.1, 0.15) is 44.1 Å². The number of halogens is 1. The smallest absolute Gasteiger partial charge is 0.338 e. The van der Waals surface area contributed by atoms with E-state index in [0.29, 0.717) is 44.3 Å².